The van der Waals surface area contributed by atoms with Crippen LogP contribution in [0.1, 0.15) is 61.3 Å². The van der Waals surface area contributed by atoms with Gasteiger partial charge in [-0.1, -0.05) is 29.7 Å². The summed E-state index contributed by atoms with van der Waals surface area (Å²) in [5.41, 5.74) is 1.04. The molecule has 0 spiro atoms. The number of nitrogens with zero attached hydrogens (tertiary/aromatic N) is 2. The molecule has 3 aromatic rings. The van der Waals surface area contributed by atoms with Crippen molar-refractivity contribution in [2.75, 3.05) is 34.0 Å². The van der Waals surface area contributed by atoms with Crippen LogP contribution in [0.4, 0.5) is 0 Å². The molecule has 0 bridgehead atoms. The molecule has 1 heterocycles. The fourth-order valence-electron chi connectivity index (χ4n) is 5.23. The Kier molecular flexibility index (Phi) is 12.8. The summed E-state index contributed by atoms with van der Waals surface area (Å²) in [5, 5.41) is 3.81. The zero-order valence-electron chi connectivity index (χ0n) is 26.7. The van der Waals surface area contributed by atoms with Gasteiger partial charge in [-0.15, -0.1) is 0 Å². The first-order chi connectivity index (χ1) is 22.1. The van der Waals surface area contributed by atoms with Gasteiger partial charge in [0.15, 0.2) is 0 Å². The van der Waals surface area contributed by atoms with Crippen molar-refractivity contribution in [2.24, 2.45) is 17.3 Å². The number of methoxy groups -OCH3 is 2. The predicted octanol–water partition coefficient (Wildman–Crippen LogP) is 6.58. The molecule has 0 saturated heterocycles. The Morgan fingerprint density at radius 3 is 2.33 bits per heavy atom. The third kappa shape index (κ3) is 10.1. The number of rotatable bonds is 13. The molecule has 1 fully saturated rings. The average molecular weight is 671 g/mol. The van der Waals surface area contributed by atoms with Gasteiger partial charge in [-0.3, -0.25) is 9.59 Å². The molecule has 1 aliphatic carbocycles. The van der Waals surface area contributed by atoms with Crippen LogP contribution in [0.25, 0.3) is 0 Å². The molecule has 1 aromatic heterocycles. The Morgan fingerprint density at radius 2 is 1.67 bits per heavy atom. The maximum atomic E-state index is 13.7. The van der Waals surface area contributed by atoms with Gasteiger partial charge < -0.3 is 28.8 Å². The Labute approximate surface area is 280 Å². The summed E-state index contributed by atoms with van der Waals surface area (Å²) >= 11 is 12.6. The summed E-state index contributed by atoms with van der Waals surface area (Å²) in [6, 6.07) is 14.7. The Bertz CT molecular complexity index is 1520. The number of ether oxygens (including phenoxy) is 4. The minimum atomic E-state index is -0.535. The van der Waals surface area contributed by atoms with Crippen LogP contribution in [0.15, 0.2) is 48.5 Å². The van der Waals surface area contributed by atoms with Gasteiger partial charge in [0, 0.05) is 17.0 Å². The number of hydrogen-bond donors (Lipinski definition) is 1. The van der Waals surface area contributed by atoms with E-state index in [0.29, 0.717) is 30.5 Å². The summed E-state index contributed by atoms with van der Waals surface area (Å²) in [7, 11) is 3.05. The number of esters is 1. The van der Waals surface area contributed by atoms with Gasteiger partial charge in [-0.05, 0) is 105 Å². The van der Waals surface area contributed by atoms with Gasteiger partial charge in [0.25, 0.3) is 5.91 Å². The van der Waals surface area contributed by atoms with Crippen LogP contribution in [0.3, 0.4) is 0 Å². The second kappa shape index (κ2) is 16.7. The molecule has 1 amide bonds. The number of aromatic nitrogens is 2. The highest BCUT2D eigenvalue weighted by molar-refractivity contribution is 6.30. The molecular weight excluding hydrogens is 629 g/mol. The van der Waals surface area contributed by atoms with E-state index in [4.69, 9.17) is 42.1 Å². The Hall–Kier alpha value is -3.71. The van der Waals surface area contributed by atoms with Crippen LogP contribution < -0.4 is 14.8 Å². The van der Waals surface area contributed by atoms with Crippen molar-refractivity contribution in [3.8, 4) is 23.3 Å². The van der Waals surface area contributed by atoms with Gasteiger partial charge in [0.05, 0.1) is 39.9 Å². The van der Waals surface area contributed by atoms with Crippen LogP contribution >= 0.6 is 23.2 Å². The van der Waals surface area contributed by atoms with E-state index in [1.54, 1.807) is 35.9 Å². The normalized spacial score (nSPS) is 16.2. The quantitative estimate of drug-likeness (QED) is 0.162. The average Bonchev–Trinajstić information content (AvgIpc) is 3.38. The smallest absolute Gasteiger partial charge is 0.308 e. The van der Waals surface area contributed by atoms with Gasteiger partial charge in [0.1, 0.15) is 29.5 Å². The first kappa shape index (κ1) is 35.1. The highest BCUT2D eigenvalue weighted by atomic mass is 35.5. The van der Waals surface area contributed by atoms with E-state index < -0.39 is 5.41 Å². The monoisotopic (exact) mass is 669 g/mol. The van der Waals surface area contributed by atoms with Crippen molar-refractivity contribution >= 4 is 35.1 Å². The fraction of sp³-hybridized carbons (Fsp3) is 0.457. The highest BCUT2D eigenvalue weighted by Gasteiger charge is 2.28. The molecule has 246 valence electrons. The number of nitrogens with one attached hydrogen (secondary N) is 1. The summed E-state index contributed by atoms with van der Waals surface area (Å²) in [5.74, 6) is 7.45. The predicted molar refractivity (Wildman–Crippen MR) is 177 cm³/mol. The lowest BCUT2D eigenvalue weighted by Gasteiger charge is -2.27. The summed E-state index contributed by atoms with van der Waals surface area (Å²) in [4.78, 5) is 30.1. The highest BCUT2D eigenvalue weighted by Crippen LogP contribution is 2.29. The first-order valence-corrected chi connectivity index (χ1v) is 16.1. The van der Waals surface area contributed by atoms with Crippen molar-refractivity contribution in [1.29, 1.82) is 0 Å². The molecule has 11 heteroatoms. The Morgan fingerprint density at radius 1 is 1.00 bits per heavy atom. The van der Waals surface area contributed by atoms with E-state index in [9.17, 15) is 9.59 Å². The van der Waals surface area contributed by atoms with Gasteiger partial charge >= 0.3 is 5.97 Å². The second-order valence-corrected chi connectivity index (χ2v) is 12.7. The lowest BCUT2D eigenvalue weighted by Crippen LogP contribution is -2.34. The fourth-order valence-corrected chi connectivity index (χ4v) is 5.61. The van der Waals surface area contributed by atoms with E-state index in [-0.39, 0.29) is 53.5 Å². The SMILES string of the molecule is COc1ccc(COCC(C)(C)C#Cc2nc(Cl)n(CCOc3ccc(Cl)cc3)c2C(=O)NC[C@H]2CC[C@H](C(=O)OC)CC2)cc1. The van der Waals surface area contributed by atoms with Crippen molar-refractivity contribution < 1.29 is 28.5 Å². The Balaban J connectivity index is 1.45. The van der Waals surface area contributed by atoms with Crippen molar-refractivity contribution in [2.45, 2.75) is 52.7 Å². The summed E-state index contributed by atoms with van der Waals surface area (Å²) in [6.07, 6.45) is 3.13. The molecule has 0 atom stereocenters. The molecule has 1 saturated carbocycles. The van der Waals surface area contributed by atoms with Crippen LogP contribution in [0, 0.1) is 29.1 Å². The standard InChI is InChI=1S/C35H41Cl2N3O6/c1-35(2,23-45-22-25-7-13-28(43-3)14-8-25)18-17-30-31(32(41)38-21-24-5-9-26(10-6-24)33(42)44-4)40(34(37)39-30)19-20-46-29-15-11-27(36)12-16-29/h7-8,11-16,24,26H,5-6,9-10,19-23H2,1-4H3,(H,38,41)/t24-,26-. The molecule has 2 aromatic carbocycles. The van der Waals surface area contributed by atoms with Crippen LogP contribution in [-0.4, -0.2) is 55.4 Å². The lowest BCUT2D eigenvalue weighted by molar-refractivity contribution is -0.146. The summed E-state index contributed by atoms with van der Waals surface area (Å²) in [6.45, 7) is 5.72. The molecule has 1 N–H and O–H groups in total. The van der Waals surface area contributed by atoms with E-state index in [2.05, 4.69) is 22.1 Å². The molecule has 0 unspecified atom stereocenters. The van der Waals surface area contributed by atoms with E-state index in [0.717, 1.165) is 37.0 Å². The van der Waals surface area contributed by atoms with E-state index >= 15 is 0 Å². The largest absolute Gasteiger partial charge is 0.497 e. The molecule has 9 nitrogen and oxygen atoms in total. The second-order valence-electron chi connectivity index (χ2n) is 12.0. The number of hydrogen-bond acceptors (Lipinski definition) is 7. The number of amides is 1. The number of carbonyl (C=O) groups excluding carboxylic acids is 2. The van der Waals surface area contributed by atoms with Crippen molar-refractivity contribution in [3.63, 3.8) is 0 Å². The van der Waals surface area contributed by atoms with E-state index in [1.807, 2.05) is 38.1 Å². The van der Waals surface area contributed by atoms with Crippen LogP contribution in [0.5, 0.6) is 11.5 Å². The van der Waals surface area contributed by atoms with Crippen molar-refractivity contribution in [3.05, 3.63) is 75.8 Å². The van der Waals surface area contributed by atoms with E-state index in [1.165, 1.54) is 7.11 Å². The van der Waals surface area contributed by atoms with Gasteiger partial charge in [0.2, 0.25) is 5.28 Å². The molecule has 46 heavy (non-hydrogen) atoms. The minimum absolute atomic E-state index is 0.0803. The van der Waals surface area contributed by atoms with Crippen LogP contribution in [-0.2, 0) is 27.4 Å². The topological polar surface area (TPSA) is 101 Å². The zero-order valence-corrected chi connectivity index (χ0v) is 28.2. The molecule has 0 aliphatic heterocycles. The van der Waals surface area contributed by atoms with Gasteiger partial charge in [-0.2, -0.15) is 0 Å². The van der Waals surface area contributed by atoms with Crippen LogP contribution in [0.2, 0.25) is 10.3 Å². The number of halogens is 2. The first-order valence-electron chi connectivity index (χ1n) is 15.3. The number of imidazole rings is 1. The van der Waals surface area contributed by atoms with Crippen molar-refractivity contribution in [1.82, 2.24) is 14.9 Å². The third-order valence-electron chi connectivity index (χ3n) is 7.88. The third-order valence-corrected chi connectivity index (χ3v) is 8.42. The molecular formula is C35H41Cl2N3O6. The minimum Gasteiger partial charge on any atom is -0.497 e. The van der Waals surface area contributed by atoms with Gasteiger partial charge in [-0.25, -0.2) is 4.98 Å². The lowest BCUT2D eigenvalue weighted by atomic mass is 9.82. The maximum Gasteiger partial charge on any atom is 0.308 e. The molecule has 0 radical (unpaired) electrons. The number of benzene rings is 2. The summed E-state index contributed by atoms with van der Waals surface area (Å²) < 4.78 is 23.6. The zero-order chi connectivity index (χ0) is 33.1. The number of carbonyl (C=O) groups is 2. The molecule has 4 rings (SSSR count). The maximum absolute atomic E-state index is 13.7. The molecule has 1 aliphatic rings.